The zero-order valence-corrected chi connectivity index (χ0v) is 18.3. The van der Waals surface area contributed by atoms with E-state index < -0.39 is 0 Å². The van der Waals surface area contributed by atoms with E-state index in [0.29, 0.717) is 37.1 Å². The zero-order valence-electron chi connectivity index (χ0n) is 18.3. The van der Waals surface area contributed by atoms with Crippen LogP contribution in [0.3, 0.4) is 0 Å². The topological polar surface area (TPSA) is 63.3 Å². The van der Waals surface area contributed by atoms with E-state index in [-0.39, 0.29) is 5.82 Å². The highest BCUT2D eigenvalue weighted by atomic mass is 19.1. The molecule has 6 nitrogen and oxygen atoms in total. The first-order chi connectivity index (χ1) is 16.3. The molecular formula is C26H25FN4O2. The monoisotopic (exact) mass is 444 g/mol. The van der Waals surface area contributed by atoms with Crippen molar-refractivity contribution in [3.8, 4) is 28.3 Å². The normalized spacial score (nSPS) is 19.1. The molecule has 0 amide bonds. The number of pyridine rings is 1. The predicted molar refractivity (Wildman–Crippen MR) is 124 cm³/mol. The summed E-state index contributed by atoms with van der Waals surface area (Å²) in [6.45, 7) is 3.49. The molecule has 5 heterocycles. The van der Waals surface area contributed by atoms with Gasteiger partial charge in [-0.15, -0.1) is 0 Å². The summed E-state index contributed by atoms with van der Waals surface area (Å²) in [5.74, 6) is 0.538. The van der Waals surface area contributed by atoms with E-state index in [2.05, 4.69) is 20.1 Å². The number of aromatic nitrogens is 3. The van der Waals surface area contributed by atoms with Crippen molar-refractivity contribution in [1.29, 1.82) is 0 Å². The van der Waals surface area contributed by atoms with Gasteiger partial charge in [0, 0.05) is 29.1 Å². The SMILES string of the molecule is Fc1cccc2c1-c1cc3c(n[nH]c3cn1)-c1ccc(cc1)OCCN1CCC[C@@H]1COC2. The Labute approximate surface area is 191 Å². The molecule has 3 aliphatic heterocycles. The number of nitrogens with one attached hydrogen (secondary N) is 1. The molecule has 1 atom stereocenters. The lowest BCUT2D eigenvalue weighted by Crippen LogP contribution is -2.36. The molecule has 1 fully saturated rings. The highest BCUT2D eigenvalue weighted by Gasteiger charge is 2.25. The molecule has 2 aromatic carbocycles. The largest absolute Gasteiger partial charge is 0.492 e. The molecule has 4 bridgehead atoms. The maximum atomic E-state index is 15.0. The van der Waals surface area contributed by atoms with E-state index in [0.717, 1.165) is 59.4 Å². The lowest BCUT2D eigenvalue weighted by atomic mass is 10.0. The van der Waals surface area contributed by atoms with Crippen LogP contribution in [-0.2, 0) is 11.3 Å². The summed E-state index contributed by atoms with van der Waals surface area (Å²) < 4.78 is 27.2. The highest BCUT2D eigenvalue weighted by Crippen LogP contribution is 2.33. The van der Waals surface area contributed by atoms with Crippen molar-refractivity contribution in [2.24, 2.45) is 0 Å². The first-order valence-electron chi connectivity index (χ1n) is 11.4. The summed E-state index contributed by atoms with van der Waals surface area (Å²) in [5.41, 5.74) is 4.42. The van der Waals surface area contributed by atoms with Crippen molar-refractivity contribution in [3.05, 3.63) is 66.1 Å². The Hall–Kier alpha value is -3.29. The van der Waals surface area contributed by atoms with Crippen molar-refractivity contribution in [2.45, 2.75) is 25.5 Å². The number of halogens is 1. The van der Waals surface area contributed by atoms with E-state index in [1.807, 2.05) is 36.4 Å². The molecule has 0 unspecified atom stereocenters. The number of ether oxygens (including phenoxy) is 2. The Kier molecular flexibility index (Phi) is 5.28. The second kappa shape index (κ2) is 8.57. The first-order valence-corrected chi connectivity index (χ1v) is 11.4. The number of benzene rings is 2. The molecule has 2 aromatic heterocycles. The van der Waals surface area contributed by atoms with E-state index >= 15 is 4.39 Å². The molecule has 3 aliphatic rings. The third kappa shape index (κ3) is 3.87. The number of hydrogen-bond acceptors (Lipinski definition) is 5. The molecule has 0 aliphatic carbocycles. The standard InChI is InChI=1S/C26H25FN4O2/c27-22-5-1-3-18-15-32-16-19-4-2-10-31(19)11-12-33-20-8-6-17(7-9-20)26-21-13-23(25(18)22)28-14-24(21)29-30-26/h1,3,5-9,13-14,19H,2,4,10-12,15-16H2,(H,29,30)/t19-/m1/s1. The summed E-state index contributed by atoms with van der Waals surface area (Å²) in [5, 5.41) is 8.44. The van der Waals surface area contributed by atoms with E-state index in [9.17, 15) is 0 Å². The number of fused-ring (bicyclic) bond motifs is 6. The maximum Gasteiger partial charge on any atom is 0.132 e. The van der Waals surface area contributed by atoms with Crippen LogP contribution >= 0.6 is 0 Å². The van der Waals surface area contributed by atoms with E-state index in [1.54, 1.807) is 12.3 Å². The summed E-state index contributed by atoms with van der Waals surface area (Å²) in [6, 6.07) is 15.3. The van der Waals surface area contributed by atoms with Gasteiger partial charge in [-0.05, 0) is 61.3 Å². The van der Waals surface area contributed by atoms with Gasteiger partial charge in [0.2, 0.25) is 0 Å². The Morgan fingerprint density at radius 1 is 1.09 bits per heavy atom. The van der Waals surface area contributed by atoms with Gasteiger partial charge in [-0.3, -0.25) is 15.0 Å². The second-order valence-electron chi connectivity index (χ2n) is 8.68. The number of H-pyrrole nitrogens is 1. The van der Waals surface area contributed by atoms with Gasteiger partial charge < -0.3 is 9.47 Å². The van der Waals surface area contributed by atoms with E-state index in [4.69, 9.17) is 9.47 Å². The average molecular weight is 445 g/mol. The van der Waals surface area contributed by atoms with Gasteiger partial charge in [0.25, 0.3) is 0 Å². The van der Waals surface area contributed by atoms with Gasteiger partial charge in [0.15, 0.2) is 0 Å². The fraction of sp³-hybridized carbons (Fsp3) is 0.308. The van der Waals surface area contributed by atoms with Crippen molar-refractivity contribution >= 4 is 10.9 Å². The maximum absolute atomic E-state index is 15.0. The quantitative estimate of drug-likeness (QED) is 0.422. The number of rotatable bonds is 0. The van der Waals surface area contributed by atoms with Gasteiger partial charge >= 0.3 is 0 Å². The molecule has 7 rings (SSSR count). The molecule has 33 heavy (non-hydrogen) atoms. The summed E-state index contributed by atoms with van der Waals surface area (Å²) in [6.07, 6.45) is 3.97. The predicted octanol–water partition coefficient (Wildman–Crippen LogP) is 4.80. The Bertz CT molecular complexity index is 1290. The van der Waals surface area contributed by atoms with Crippen LogP contribution in [0.5, 0.6) is 5.75 Å². The number of aromatic amines is 1. The van der Waals surface area contributed by atoms with E-state index in [1.165, 1.54) is 6.07 Å². The fourth-order valence-corrected chi connectivity index (χ4v) is 4.92. The van der Waals surface area contributed by atoms with Crippen molar-refractivity contribution in [2.75, 3.05) is 26.3 Å². The van der Waals surface area contributed by atoms with Gasteiger partial charge in [-0.25, -0.2) is 4.39 Å². The molecule has 168 valence electrons. The number of nitrogens with zero attached hydrogens (tertiary/aromatic N) is 3. The average Bonchev–Trinajstić information content (AvgIpc) is 3.46. The van der Waals surface area contributed by atoms with Crippen LogP contribution in [0.15, 0.2) is 54.7 Å². The molecule has 1 N–H and O–H groups in total. The lowest BCUT2D eigenvalue weighted by molar-refractivity contribution is 0.0622. The highest BCUT2D eigenvalue weighted by molar-refractivity contribution is 5.94. The van der Waals surface area contributed by atoms with Crippen molar-refractivity contribution in [3.63, 3.8) is 0 Å². The molecule has 7 heteroatoms. The van der Waals surface area contributed by atoms with Crippen LogP contribution in [0.2, 0.25) is 0 Å². The Morgan fingerprint density at radius 2 is 2.00 bits per heavy atom. The molecular weight excluding hydrogens is 419 g/mol. The minimum absolute atomic E-state index is 0.300. The van der Waals surface area contributed by atoms with Crippen LogP contribution in [0.25, 0.3) is 33.4 Å². The third-order valence-corrected chi connectivity index (χ3v) is 6.65. The van der Waals surface area contributed by atoms with Crippen LogP contribution < -0.4 is 4.74 Å². The smallest absolute Gasteiger partial charge is 0.132 e. The second-order valence-corrected chi connectivity index (χ2v) is 8.68. The van der Waals surface area contributed by atoms with Crippen LogP contribution in [0.1, 0.15) is 18.4 Å². The lowest BCUT2D eigenvalue weighted by Gasteiger charge is -2.24. The zero-order chi connectivity index (χ0) is 22.2. The Morgan fingerprint density at radius 3 is 2.91 bits per heavy atom. The molecule has 4 aromatic rings. The van der Waals surface area contributed by atoms with Gasteiger partial charge in [0.1, 0.15) is 23.9 Å². The van der Waals surface area contributed by atoms with Crippen LogP contribution in [-0.4, -0.2) is 52.4 Å². The van der Waals surface area contributed by atoms with Crippen molar-refractivity contribution < 1.29 is 13.9 Å². The van der Waals surface area contributed by atoms with Gasteiger partial charge in [-0.2, -0.15) is 5.10 Å². The third-order valence-electron chi connectivity index (χ3n) is 6.65. The van der Waals surface area contributed by atoms with Crippen LogP contribution in [0.4, 0.5) is 4.39 Å². The summed E-state index contributed by atoms with van der Waals surface area (Å²) in [7, 11) is 0. The molecule has 0 spiro atoms. The summed E-state index contributed by atoms with van der Waals surface area (Å²) in [4.78, 5) is 6.97. The van der Waals surface area contributed by atoms with Gasteiger partial charge in [-0.1, -0.05) is 12.1 Å². The molecule has 0 radical (unpaired) electrons. The first kappa shape index (κ1) is 20.3. The minimum Gasteiger partial charge on any atom is -0.492 e. The fourth-order valence-electron chi connectivity index (χ4n) is 4.92. The number of hydrogen-bond donors (Lipinski definition) is 1. The molecule has 1 saturated heterocycles. The minimum atomic E-state index is -0.300. The Balaban J connectivity index is 1.45. The van der Waals surface area contributed by atoms with Gasteiger partial charge in [0.05, 0.1) is 30.6 Å². The van der Waals surface area contributed by atoms with Crippen molar-refractivity contribution in [1.82, 2.24) is 20.1 Å². The molecule has 0 saturated carbocycles. The summed E-state index contributed by atoms with van der Waals surface area (Å²) >= 11 is 0. The van der Waals surface area contributed by atoms with Crippen LogP contribution in [0, 0.1) is 5.82 Å².